The maximum atomic E-state index is 13.4. The van der Waals surface area contributed by atoms with Crippen LogP contribution in [-0.2, 0) is 14.8 Å². The van der Waals surface area contributed by atoms with E-state index in [2.05, 4.69) is 13.8 Å². The Balaban J connectivity index is 1.45. The molecule has 1 N–H and O–H groups in total. The molecule has 6 heteroatoms. The summed E-state index contributed by atoms with van der Waals surface area (Å²) in [6.07, 6.45) is 14.0. The predicted octanol–water partition coefficient (Wildman–Crippen LogP) is 6.31. The molecule has 39 heavy (non-hydrogen) atoms. The standard InChI is InChI=1S/C33H43NO4S/c1-4-16-33(36)22(2)19-30-28-14-10-24-20-25(35)11-15-27(24)31(28)29(21-32(30,33)3)23-8-12-26(13-9-23)39(37,38)34-17-6-5-7-18-34/h4,8-9,12-13,16,20,22,28-30,36H,5-7,10-11,14-15,17-19,21H2,1-3H3/t22-,28+,29-,30?,32+,33+/m1/s1. The van der Waals surface area contributed by atoms with Gasteiger partial charge in [0.05, 0.1) is 10.5 Å². The van der Waals surface area contributed by atoms with Crippen molar-refractivity contribution in [2.75, 3.05) is 13.1 Å². The van der Waals surface area contributed by atoms with Gasteiger partial charge in [-0.2, -0.15) is 4.31 Å². The highest BCUT2D eigenvalue weighted by Crippen LogP contribution is 2.68. The molecular weight excluding hydrogens is 506 g/mol. The molecular formula is C33H43NO4S. The first kappa shape index (κ1) is 27.2. The van der Waals surface area contributed by atoms with Crippen molar-refractivity contribution >= 4 is 15.8 Å². The topological polar surface area (TPSA) is 74.7 Å². The second-order valence-corrected chi connectivity index (χ2v) is 14.9. The molecule has 5 aliphatic rings. The second-order valence-electron chi connectivity index (χ2n) is 13.0. The van der Waals surface area contributed by atoms with Crippen LogP contribution in [0.2, 0.25) is 0 Å². The Morgan fingerprint density at radius 3 is 2.46 bits per heavy atom. The Morgan fingerprint density at radius 2 is 1.77 bits per heavy atom. The van der Waals surface area contributed by atoms with Crippen molar-refractivity contribution in [1.29, 1.82) is 0 Å². The van der Waals surface area contributed by atoms with Gasteiger partial charge in [-0.25, -0.2) is 8.42 Å². The molecule has 0 radical (unpaired) electrons. The first-order chi connectivity index (χ1) is 18.6. The van der Waals surface area contributed by atoms with E-state index in [4.69, 9.17) is 0 Å². The number of hydrogen-bond acceptors (Lipinski definition) is 4. The molecule has 0 bridgehead atoms. The Morgan fingerprint density at radius 1 is 1.05 bits per heavy atom. The van der Waals surface area contributed by atoms with Crippen LogP contribution in [0, 0.1) is 23.2 Å². The van der Waals surface area contributed by atoms with E-state index in [1.165, 1.54) is 16.7 Å². The fraction of sp³-hybridized carbons (Fsp3) is 0.606. The lowest BCUT2D eigenvalue weighted by Crippen LogP contribution is -2.52. The van der Waals surface area contributed by atoms with Gasteiger partial charge in [0, 0.05) is 30.8 Å². The molecule has 1 aliphatic heterocycles. The lowest BCUT2D eigenvalue weighted by molar-refractivity contribution is -0.114. The number of rotatable bonds is 4. The Bertz CT molecular complexity index is 1350. The van der Waals surface area contributed by atoms with Crippen LogP contribution in [0.15, 0.2) is 64.1 Å². The van der Waals surface area contributed by atoms with Crippen LogP contribution in [0.4, 0.5) is 0 Å². The number of allylic oxidation sites excluding steroid dienone is 5. The van der Waals surface area contributed by atoms with Gasteiger partial charge in [-0.15, -0.1) is 0 Å². The summed E-state index contributed by atoms with van der Waals surface area (Å²) in [6, 6.07) is 7.64. The first-order valence-corrected chi connectivity index (χ1v) is 16.5. The van der Waals surface area contributed by atoms with E-state index in [1.807, 2.05) is 37.3 Å². The van der Waals surface area contributed by atoms with Gasteiger partial charge in [0.15, 0.2) is 5.78 Å². The third-order valence-corrected chi connectivity index (χ3v) is 13.0. The number of aliphatic hydroxyl groups is 1. The van der Waals surface area contributed by atoms with E-state index in [9.17, 15) is 18.3 Å². The fourth-order valence-corrected chi connectivity index (χ4v) is 10.6. The Labute approximate surface area is 234 Å². The average molecular weight is 550 g/mol. The van der Waals surface area contributed by atoms with Crippen molar-refractivity contribution in [2.45, 2.75) is 95.0 Å². The third kappa shape index (κ3) is 4.16. The zero-order chi connectivity index (χ0) is 27.6. The van der Waals surface area contributed by atoms with Crippen LogP contribution in [-0.4, -0.2) is 42.3 Å². The molecule has 2 saturated carbocycles. The maximum absolute atomic E-state index is 13.4. The molecule has 1 saturated heterocycles. The van der Waals surface area contributed by atoms with Crippen LogP contribution < -0.4 is 0 Å². The summed E-state index contributed by atoms with van der Waals surface area (Å²) in [4.78, 5) is 12.7. The SMILES string of the molecule is CC=C[C@]1(O)[C@H](C)CC2[C@@H]3CCC4=CC(=O)CCC4=C3[C@@H](c3ccc(S(=O)(=O)N4CCCCC4)cc3)C[C@@]21C. The molecule has 0 amide bonds. The van der Waals surface area contributed by atoms with Crippen molar-refractivity contribution in [3.05, 3.63) is 64.8 Å². The molecule has 6 rings (SSSR count). The minimum atomic E-state index is -3.49. The number of nitrogens with zero attached hydrogens (tertiary/aromatic N) is 1. The van der Waals surface area contributed by atoms with Crippen LogP contribution in [0.25, 0.3) is 0 Å². The Kier molecular flexibility index (Phi) is 6.84. The zero-order valence-electron chi connectivity index (χ0n) is 23.7. The summed E-state index contributed by atoms with van der Waals surface area (Å²) in [5, 5.41) is 12.2. The van der Waals surface area contributed by atoms with Gasteiger partial charge in [0.1, 0.15) is 0 Å². The largest absolute Gasteiger partial charge is 0.385 e. The summed E-state index contributed by atoms with van der Waals surface area (Å²) in [5.74, 6) is 1.24. The number of carbonyl (C=O) groups excluding carboxylic acids is 1. The minimum Gasteiger partial charge on any atom is -0.385 e. The predicted molar refractivity (Wildman–Crippen MR) is 154 cm³/mol. The van der Waals surface area contributed by atoms with E-state index >= 15 is 0 Å². The normalized spacial score (nSPS) is 37.4. The quantitative estimate of drug-likeness (QED) is 0.447. The van der Waals surface area contributed by atoms with E-state index in [-0.39, 0.29) is 23.0 Å². The van der Waals surface area contributed by atoms with Crippen LogP contribution in [0.3, 0.4) is 0 Å². The lowest BCUT2D eigenvalue weighted by Gasteiger charge is -2.54. The summed E-state index contributed by atoms with van der Waals surface area (Å²) in [6.45, 7) is 7.67. The maximum Gasteiger partial charge on any atom is 0.243 e. The monoisotopic (exact) mass is 549 g/mol. The van der Waals surface area contributed by atoms with Gasteiger partial charge < -0.3 is 5.11 Å². The van der Waals surface area contributed by atoms with Gasteiger partial charge in [-0.1, -0.05) is 50.1 Å². The van der Waals surface area contributed by atoms with E-state index in [0.29, 0.717) is 36.2 Å². The Hall–Kier alpha value is -2.02. The minimum absolute atomic E-state index is 0.0944. The van der Waals surface area contributed by atoms with Crippen molar-refractivity contribution in [3.63, 3.8) is 0 Å². The highest BCUT2D eigenvalue weighted by Gasteiger charge is 2.64. The van der Waals surface area contributed by atoms with Crippen LogP contribution >= 0.6 is 0 Å². The van der Waals surface area contributed by atoms with Crippen molar-refractivity contribution < 1.29 is 18.3 Å². The molecule has 1 aromatic rings. The van der Waals surface area contributed by atoms with E-state index < -0.39 is 15.6 Å². The molecule has 0 spiro atoms. The van der Waals surface area contributed by atoms with Gasteiger partial charge in [-0.3, -0.25) is 4.79 Å². The summed E-state index contributed by atoms with van der Waals surface area (Å²) >= 11 is 0. The zero-order valence-corrected chi connectivity index (χ0v) is 24.5. The number of ketones is 1. The molecule has 1 unspecified atom stereocenters. The summed E-state index contributed by atoms with van der Waals surface area (Å²) < 4.78 is 28.3. The smallest absolute Gasteiger partial charge is 0.243 e. The first-order valence-electron chi connectivity index (χ1n) is 15.0. The third-order valence-electron chi connectivity index (χ3n) is 11.1. The number of fused-ring (bicyclic) bond motifs is 4. The van der Waals surface area contributed by atoms with Crippen molar-refractivity contribution in [3.8, 4) is 0 Å². The molecule has 4 aliphatic carbocycles. The molecule has 3 fully saturated rings. The molecule has 1 heterocycles. The van der Waals surface area contributed by atoms with Crippen molar-refractivity contribution in [1.82, 2.24) is 4.31 Å². The number of hydrogen-bond donors (Lipinski definition) is 1. The molecule has 1 aromatic carbocycles. The number of carbonyl (C=O) groups is 1. The van der Waals surface area contributed by atoms with Crippen molar-refractivity contribution in [2.24, 2.45) is 23.2 Å². The summed E-state index contributed by atoms with van der Waals surface area (Å²) in [5.41, 5.74) is 4.01. The van der Waals surface area contributed by atoms with Crippen LogP contribution in [0.5, 0.6) is 0 Å². The van der Waals surface area contributed by atoms with Gasteiger partial charge >= 0.3 is 0 Å². The lowest BCUT2D eigenvalue weighted by atomic mass is 9.51. The number of piperidine rings is 1. The van der Waals surface area contributed by atoms with Gasteiger partial charge in [-0.05, 0) is 105 Å². The average Bonchev–Trinajstić information content (AvgIpc) is 3.13. The summed E-state index contributed by atoms with van der Waals surface area (Å²) in [7, 11) is -3.49. The molecule has 210 valence electrons. The van der Waals surface area contributed by atoms with Crippen LogP contribution in [0.1, 0.15) is 90.0 Å². The molecule has 0 aromatic heterocycles. The highest BCUT2D eigenvalue weighted by molar-refractivity contribution is 7.89. The molecule has 5 nitrogen and oxygen atoms in total. The second kappa shape index (κ2) is 9.81. The van der Waals surface area contributed by atoms with Gasteiger partial charge in [0.2, 0.25) is 10.0 Å². The highest BCUT2D eigenvalue weighted by atomic mass is 32.2. The fourth-order valence-electron chi connectivity index (χ4n) is 9.06. The van der Waals surface area contributed by atoms with Gasteiger partial charge in [0.25, 0.3) is 0 Å². The number of sulfonamides is 1. The van der Waals surface area contributed by atoms with E-state index in [0.717, 1.165) is 56.9 Å². The molecule has 6 atom stereocenters. The van der Waals surface area contributed by atoms with E-state index in [1.54, 1.807) is 16.4 Å². The number of benzene rings is 1.